The summed E-state index contributed by atoms with van der Waals surface area (Å²) in [6.45, 7) is 6.22. The number of halogens is 3. The van der Waals surface area contributed by atoms with Gasteiger partial charge < -0.3 is 19.7 Å². The Balaban J connectivity index is 1.47. The van der Waals surface area contributed by atoms with E-state index in [4.69, 9.17) is 9.47 Å². The van der Waals surface area contributed by atoms with Gasteiger partial charge in [0.05, 0.1) is 23.8 Å². The lowest BCUT2D eigenvalue weighted by atomic mass is 10.0. The van der Waals surface area contributed by atoms with Gasteiger partial charge >= 0.3 is 6.18 Å². The van der Waals surface area contributed by atoms with Crippen LogP contribution in [0.5, 0.6) is 5.75 Å². The van der Waals surface area contributed by atoms with Crippen molar-refractivity contribution >= 4 is 22.9 Å². The minimum absolute atomic E-state index is 0.267. The fraction of sp³-hybridized carbons (Fsp3) is 0.440. The van der Waals surface area contributed by atoms with Gasteiger partial charge in [-0.05, 0) is 38.8 Å². The summed E-state index contributed by atoms with van der Waals surface area (Å²) in [6, 6.07) is 3.23. The summed E-state index contributed by atoms with van der Waals surface area (Å²) in [4.78, 5) is 28.0. The second-order valence-electron chi connectivity index (χ2n) is 9.07. The molecule has 5 rings (SSSR count). The zero-order valence-electron chi connectivity index (χ0n) is 20.3. The lowest BCUT2D eigenvalue weighted by molar-refractivity contribution is -0.145. The Hall–Kier alpha value is -3.25. The molecule has 4 heterocycles. The maximum absolute atomic E-state index is 13.4. The Morgan fingerprint density at radius 3 is 2.51 bits per heavy atom. The maximum atomic E-state index is 13.4. The zero-order valence-corrected chi connectivity index (χ0v) is 21.2. The summed E-state index contributed by atoms with van der Waals surface area (Å²) in [7, 11) is 0. The molecule has 0 saturated carbocycles. The van der Waals surface area contributed by atoms with Crippen LogP contribution in [0, 0.1) is 6.92 Å². The third-order valence-corrected chi connectivity index (χ3v) is 7.42. The van der Waals surface area contributed by atoms with Crippen LogP contribution < -0.4 is 15.0 Å². The van der Waals surface area contributed by atoms with Crippen molar-refractivity contribution in [2.45, 2.75) is 44.9 Å². The Kier molecular flexibility index (Phi) is 7.04. The van der Waals surface area contributed by atoms with Crippen LogP contribution in [0.25, 0.3) is 10.6 Å². The molecule has 1 N–H and O–H groups in total. The molecule has 1 unspecified atom stereocenters. The molecule has 0 radical (unpaired) electrons. The normalized spacial score (nSPS) is 17.2. The molecule has 0 aliphatic carbocycles. The number of nitrogens with one attached hydrogen (secondary N) is 1. The maximum Gasteiger partial charge on any atom is 0.451 e. The highest BCUT2D eigenvalue weighted by molar-refractivity contribution is 7.15. The first-order chi connectivity index (χ1) is 17.7. The number of nitrogens with zero attached hydrogens (tertiary/aromatic N) is 4. The fourth-order valence-corrected chi connectivity index (χ4v) is 5.34. The second-order valence-corrected chi connectivity index (χ2v) is 10.3. The third-order valence-electron chi connectivity index (χ3n) is 6.48. The highest BCUT2D eigenvalue weighted by Crippen LogP contribution is 2.44. The lowest BCUT2D eigenvalue weighted by Gasteiger charge is -2.40. The molecule has 2 aliphatic heterocycles. The van der Waals surface area contributed by atoms with Crippen molar-refractivity contribution in [3.05, 3.63) is 52.6 Å². The SMILES string of the molecule is Cc1cnc(-c2cc(C(=O)NC(C)c3cnc(C(F)(F)F)nc3)cc3c2OCCN3C2CCOCC2)s1. The van der Waals surface area contributed by atoms with Crippen LogP contribution in [0.15, 0.2) is 30.7 Å². The lowest BCUT2D eigenvalue weighted by Crippen LogP contribution is -2.44. The van der Waals surface area contributed by atoms with Crippen molar-refractivity contribution in [2.75, 3.05) is 31.3 Å². The third kappa shape index (κ3) is 5.40. The minimum atomic E-state index is -4.63. The molecule has 1 saturated heterocycles. The topological polar surface area (TPSA) is 89.5 Å². The summed E-state index contributed by atoms with van der Waals surface area (Å²) in [5.41, 5.74) is 2.34. The summed E-state index contributed by atoms with van der Waals surface area (Å²) in [5, 5.41) is 3.61. The standard InChI is InChI=1S/C25H26F3N5O3S/c1-14-11-29-23(37-14)19-9-16(10-20-21(19)36-8-5-33(20)18-3-6-35-7-4-18)22(34)32-15(2)17-12-30-24(31-13-17)25(26,27)28/h9-13,15,18H,3-8H2,1-2H3,(H,32,34). The van der Waals surface area contributed by atoms with Gasteiger partial charge in [-0.3, -0.25) is 4.79 Å². The van der Waals surface area contributed by atoms with Crippen LogP contribution in [0.2, 0.25) is 0 Å². The molecule has 196 valence electrons. The number of thiazole rings is 1. The van der Waals surface area contributed by atoms with Crippen molar-refractivity contribution in [2.24, 2.45) is 0 Å². The Morgan fingerprint density at radius 2 is 1.86 bits per heavy atom. The van der Waals surface area contributed by atoms with Crippen molar-refractivity contribution in [1.82, 2.24) is 20.3 Å². The monoisotopic (exact) mass is 533 g/mol. The summed E-state index contributed by atoms with van der Waals surface area (Å²) < 4.78 is 50.1. The van der Waals surface area contributed by atoms with Gasteiger partial charge in [0, 0.05) is 53.9 Å². The summed E-state index contributed by atoms with van der Waals surface area (Å²) in [5.74, 6) is -0.892. The first-order valence-electron chi connectivity index (χ1n) is 12.0. The molecule has 1 amide bonds. The predicted octanol–water partition coefficient (Wildman–Crippen LogP) is 4.80. The van der Waals surface area contributed by atoms with Crippen LogP contribution in [-0.4, -0.2) is 53.3 Å². The van der Waals surface area contributed by atoms with E-state index in [0.29, 0.717) is 43.2 Å². The van der Waals surface area contributed by atoms with Gasteiger partial charge in [-0.1, -0.05) is 0 Å². The number of carbonyl (C=O) groups is 1. The first kappa shape index (κ1) is 25.4. The van der Waals surface area contributed by atoms with Crippen molar-refractivity contribution in [3.63, 3.8) is 0 Å². The molecule has 3 aromatic rings. The Bertz CT molecular complexity index is 1280. The number of rotatable bonds is 5. The average Bonchev–Trinajstić information content (AvgIpc) is 3.33. The number of ether oxygens (including phenoxy) is 2. The Labute approximate surface area is 215 Å². The summed E-state index contributed by atoms with van der Waals surface area (Å²) in [6.07, 6.45) is 1.08. The number of aromatic nitrogens is 3. The van der Waals surface area contributed by atoms with Gasteiger partial charge in [-0.15, -0.1) is 11.3 Å². The van der Waals surface area contributed by atoms with E-state index in [1.165, 1.54) is 11.3 Å². The van der Waals surface area contributed by atoms with Crippen molar-refractivity contribution < 1.29 is 27.4 Å². The number of aryl methyl sites for hydroxylation is 1. The van der Waals surface area contributed by atoms with E-state index in [2.05, 4.69) is 25.2 Å². The molecule has 1 atom stereocenters. The minimum Gasteiger partial charge on any atom is -0.489 e. The molecule has 1 fully saturated rings. The zero-order chi connectivity index (χ0) is 26.2. The quantitative estimate of drug-likeness (QED) is 0.504. The smallest absolute Gasteiger partial charge is 0.451 e. The van der Waals surface area contributed by atoms with Gasteiger partial charge in [0.2, 0.25) is 5.82 Å². The van der Waals surface area contributed by atoms with Gasteiger partial charge in [-0.2, -0.15) is 13.2 Å². The van der Waals surface area contributed by atoms with E-state index >= 15 is 0 Å². The highest BCUT2D eigenvalue weighted by atomic mass is 32.1. The number of hydrogen-bond donors (Lipinski definition) is 1. The fourth-order valence-electron chi connectivity index (χ4n) is 4.56. The number of hydrogen-bond acceptors (Lipinski definition) is 8. The average molecular weight is 534 g/mol. The van der Waals surface area contributed by atoms with Gasteiger partial charge in [0.25, 0.3) is 5.91 Å². The molecule has 2 aromatic heterocycles. The van der Waals surface area contributed by atoms with Crippen LogP contribution in [-0.2, 0) is 10.9 Å². The second kappa shape index (κ2) is 10.3. The molecule has 0 spiro atoms. The van der Waals surface area contributed by atoms with Gasteiger partial charge in [0.15, 0.2) is 5.75 Å². The van der Waals surface area contributed by atoms with E-state index in [0.717, 1.165) is 46.4 Å². The van der Waals surface area contributed by atoms with Crippen LogP contribution >= 0.6 is 11.3 Å². The first-order valence-corrected chi connectivity index (χ1v) is 12.8. The van der Waals surface area contributed by atoms with E-state index in [9.17, 15) is 18.0 Å². The number of fused-ring (bicyclic) bond motifs is 1. The van der Waals surface area contributed by atoms with Crippen LogP contribution in [0.4, 0.5) is 18.9 Å². The molecular formula is C25H26F3N5O3S. The molecule has 12 heteroatoms. The van der Waals surface area contributed by atoms with Gasteiger partial charge in [-0.25, -0.2) is 15.0 Å². The van der Waals surface area contributed by atoms with E-state index in [1.54, 1.807) is 19.2 Å². The molecule has 2 aliphatic rings. The largest absolute Gasteiger partial charge is 0.489 e. The van der Waals surface area contributed by atoms with E-state index < -0.39 is 18.0 Å². The number of amides is 1. The van der Waals surface area contributed by atoms with Crippen LogP contribution in [0.3, 0.4) is 0 Å². The molecule has 1 aromatic carbocycles. The predicted molar refractivity (Wildman–Crippen MR) is 132 cm³/mol. The number of alkyl halides is 3. The summed E-state index contributed by atoms with van der Waals surface area (Å²) >= 11 is 1.52. The number of anilines is 1. The highest BCUT2D eigenvalue weighted by Gasteiger charge is 2.35. The molecule has 0 bridgehead atoms. The number of benzene rings is 1. The molecular weight excluding hydrogens is 507 g/mol. The molecule has 37 heavy (non-hydrogen) atoms. The van der Waals surface area contributed by atoms with E-state index in [-0.39, 0.29) is 11.9 Å². The number of carbonyl (C=O) groups excluding carboxylic acids is 1. The Morgan fingerprint density at radius 1 is 1.14 bits per heavy atom. The van der Waals surface area contributed by atoms with Crippen LogP contribution in [0.1, 0.15) is 52.4 Å². The van der Waals surface area contributed by atoms with E-state index in [1.807, 2.05) is 13.0 Å². The van der Waals surface area contributed by atoms with Crippen molar-refractivity contribution in [1.29, 1.82) is 0 Å². The van der Waals surface area contributed by atoms with Gasteiger partial charge in [0.1, 0.15) is 11.6 Å². The molecule has 8 nitrogen and oxygen atoms in total. The van der Waals surface area contributed by atoms with Crippen molar-refractivity contribution in [3.8, 4) is 16.3 Å².